The third-order valence-electron chi connectivity index (χ3n) is 4.16. The van der Waals surface area contributed by atoms with Crippen LogP contribution in [-0.4, -0.2) is 16.7 Å². The van der Waals surface area contributed by atoms with Crippen LogP contribution in [0.4, 0.5) is 10.5 Å². The number of benzene rings is 1. The van der Waals surface area contributed by atoms with Crippen LogP contribution in [0.15, 0.2) is 35.5 Å². The van der Waals surface area contributed by atoms with Gasteiger partial charge in [-0.25, -0.2) is 4.79 Å². The van der Waals surface area contributed by atoms with Crippen molar-refractivity contribution < 1.29 is 14.5 Å². The van der Waals surface area contributed by atoms with Crippen LogP contribution in [-0.2, 0) is 4.79 Å². The van der Waals surface area contributed by atoms with E-state index in [1.165, 1.54) is 12.1 Å². The zero-order valence-corrected chi connectivity index (χ0v) is 12.9. The monoisotopic (exact) mass is 315 g/mol. The number of nitrogens with one attached hydrogen (secondary N) is 2. The number of allylic oxidation sites excluding steroid dienone is 1. The van der Waals surface area contributed by atoms with Gasteiger partial charge in [0.05, 0.1) is 11.0 Å². The second kappa shape index (κ2) is 5.19. The zero-order chi connectivity index (χ0) is 16.8. The van der Waals surface area contributed by atoms with Gasteiger partial charge in [-0.2, -0.15) is 0 Å². The highest BCUT2D eigenvalue weighted by Gasteiger charge is 2.40. The summed E-state index contributed by atoms with van der Waals surface area (Å²) < 4.78 is 0. The second-order valence-corrected chi connectivity index (χ2v) is 6.72. The van der Waals surface area contributed by atoms with Gasteiger partial charge in [0.25, 0.3) is 5.69 Å². The maximum absolute atomic E-state index is 12.6. The molecule has 120 valence electrons. The van der Waals surface area contributed by atoms with Crippen LogP contribution >= 0.6 is 0 Å². The molecule has 0 saturated heterocycles. The third kappa shape index (κ3) is 2.81. The fourth-order valence-corrected chi connectivity index (χ4v) is 3.23. The number of nitro benzene ring substituents is 1. The predicted octanol–water partition coefficient (Wildman–Crippen LogP) is 2.59. The molecule has 0 fully saturated rings. The van der Waals surface area contributed by atoms with E-state index in [0.29, 0.717) is 29.7 Å². The Morgan fingerprint density at radius 3 is 2.70 bits per heavy atom. The minimum absolute atomic E-state index is 0.0414. The molecule has 1 aliphatic carbocycles. The minimum atomic E-state index is -0.651. The molecular formula is C16H17N3O4. The predicted molar refractivity (Wildman–Crippen MR) is 82.6 cm³/mol. The van der Waals surface area contributed by atoms with Crippen molar-refractivity contribution in [3.63, 3.8) is 0 Å². The third-order valence-corrected chi connectivity index (χ3v) is 4.16. The summed E-state index contributed by atoms with van der Waals surface area (Å²) in [5.41, 5.74) is 1.37. The molecule has 7 nitrogen and oxygen atoms in total. The van der Waals surface area contributed by atoms with Gasteiger partial charge in [-0.1, -0.05) is 26.0 Å². The molecule has 0 saturated carbocycles. The summed E-state index contributed by atoms with van der Waals surface area (Å²) in [7, 11) is 0. The number of hydrogen-bond acceptors (Lipinski definition) is 4. The summed E-state index contributed by atoms with van der Waals surface area (Å²) in [4.78, 5) is 35.0. The van der Waals surface area contributed by atoms with Gasteiger partial charge >= 0.3 is 6.03 Å². The number of non-ortho nitro benzene ring substituents is 1. The highest BCUT2D eigenvalue weighted by Crippen LogP contribution is 2.41. The summed E-state index contributed by atoms with van der Waals surface area (Å²) in [5, 5.41) is 16.4. The number of nitrogens with zero attached hydrogens (tertiary/aromatic N) is 1. The molecule has 0 bridgehead atoms. The Balaban J connectivity index is 2.08. The molecule has 0 radical (unpaired) electrons. The standard InChI is InChI=1S/C16H17N3O4/c1-16(2)7-11-13(12(20)8-16)14(18-15(21)17-11)9-4-3-5-10(6-9)19(22)23/h3-6,14H,7-8H2,1-2H3,(H2,17,18,21)/t14-/m1/s1. The Labute approximate surface area is 132 Å². The lowest BCUT2D eigenvalue weighted by Gasteiger charge is -2.38. The average Bonchev–Trinajstić information content (AvgIpc) is 2.44. The van der Waals surface area contributed by atoms with Gasteiger partial charge in [0.2, 0.25) is 0 Å². The molecule has 3 rings (SSSR count). The van der Waals surface area contributed by atoms with Gasteiger partial charge in [0.1, 0.15) is 0 Å². The normalized spacial score (nSPS) is 23.0. The molecular weight excluding hydrogens is 298 g/mol. The molecule has 0 spiro atoms. The highest BCUT2D eigenvalue weighted by atomic mass is 16.6. The van der Waals surface area contributed by atoms with Crippen molar-refractivity contribution in [2.75, 3.05) is 0 Å². The number of carbonyl (C=O) groups excluding carboxylic acids is 2. The Bertz CT molecular complexity index is 751. The zero-order valence-electron chi connectivity index (χ0n) is 12.9. The first-order valence-corrected chi connectivity index (χ1v) is 7.35. The SMILES string of the molecule is CC1(C)CC(=O)C2=C(C1)NC(=O)N[C@@H]2c1cccc([N+](=O)[O-])c1. The fourth-order valence-electron chi connectivity index (χ4n) is 3.23. The summed E-state index contributed by atoms with van der Waals surface area (Å²) in [6, 6.07) is 4.97. The van der Waals surface area contributed by atoms with E-state index in [-0.39, 0.29) is 16.9 Å². The smallest absolute Gasteiger partial charge is 0.319 e. The van der Waals surface area contributed by atoms with Crippen LogP contribution in [0.25, 0.3) is 0 Å². The second-order valence-electron chi connectivity index (χ2n) is 6.72. The van der Waals surface area contributed by atoms with E-state index in [4.69, 9.17) is 0 Å². The molecule has 1 aliphatic heterocycles. The quantitative estimate of drug-likeness (QED) is 0.647. The average molecular weight is 315 g/mol. The first-order valence-electron chi connectivity index (χ1n) is 7.35. The van der Waals surface area contributed by atoms with E-state index in [1.807, 2.05) is 13.8 Å². The number of ketones is 1. The van der Waals surface area contributed by atoms with Gasteiger partial charge in [0, 0.05) is 29.8 Å². The first-order chi connectivity index (χ1) is 10.8. The van der Waals surface area contributed by atoms with E-state index < -0.39 is 17.0 Å². The van der Waals surface area contributed by atoms with Gasteiger partial charge in [-0.05, 0) is 17.4 Å². The van der Waals surface area contributed by atoms with Crippen molar-refractivity contribution >= 4 is 17.5 Å². The maximum Gasteiger partial charge on any atom is 0.319 e. The molecule has 0 unspecified atom stereocenters. The number of rotatable bonds is 2. The maximum atomic E-state index is 12.6. The molecule has 1 aromatic carbocycles. The topological polar surface area (TPSA) is 101 Å². The number of nitro groups is 1. The van der Waals surface area contributed by atoms with E-state index in [1.54, 1.807) is 12.1 Å². The lowest BCUT2D eigenvalue weighted by atomic mass is 9.73. The fraction of sp³-hybridized carbons (Fsp3) is 0.375. The molecule has 2 aliphatic rings. The van der Waals surface area contributed by atoms with Crippen LogP contribution in [0.3, 0.4) is 0 Å². The minimum Gasteiger partial charge on any atom is -0.327 e. The van der Waals surface area contributed by atoms with Crippen LogP contribution in [0, 0.1) is 15.5 Å². The Morgan fingerprint density at radius 1 is 1.26 bits per heavy atom. The number of carbonyl (C=O) groups is 2. The summed E-state index contributed by atoms with van der Waals surface area (Å²) in [6.45, 7) is 3.95. The molecule has 1 aromatic rings. The van der Waals surface area contributed by atoms with Crippen molar-refractivity contribution in [3.8, 4) is 0 Å². The largest absolute Gasteiger partial charge is 0.327 e. The molecule has 1 heterocycles. The van der Waals surface area contributed by atoms with Crippen LogP contribution in [0.1, 0.15) is 38.3 Å². The summed E-state index contributed by atoms with van der Waals surface area (Å²) >= 11 is 0. The van der Waals surface area contributed by atoms with Crippen molar-refractivity contribution in [3.05, 3.63) is 51.2 Å². The molecule has 23 heavy (non-hydrogen) atoms. The Hall–Kier alpha value is -2.70. The summed E-state index contributed by atoms with van der Waals surface area (Å²) in [6.07, 6.45) is 0.974. The van der Waals surface area contributed by atoms with Crippen molar-refractivity contribution in [2.45, 2.75) is 32.7 Å². The van der Waals surface area contributed by atoms with Gasteiger partial charge in [-0.15, -0.1) is 0 Å². The molecule has 0 aromatic heterocycles. The van der Waals surface area contributed by atoms with Crippen molar-refractivity contribution in [2.24, 2.45) is 5.41 Å². The first kappa shape index (κ1) is 15.2. The van der Waals surface area contributed by atoms with Gasteiger partial charge in [-0.3, -0.25) is 14.9 Å². The van der Waals surface area contributed by atoms with E-state index in [2.05, 4.69) is 10.6 Å². The van der Waals surface area contributed by atoms with Crippen LogP contribution < -0.4 is 10.6 Å². The molecule has 2 N–H and O–H groups in total. The highest BCUT2D eigenvalue weighted by molar-refractivity contribution is 6.01. The Morgan fingerprint density at radius 2 is 2.00 bits per heavy atom. The number of urea groups is 1. The van der Waals surface area contributed by atoms with E-state index >= 15 is 0 Å². The van der Waals surface area contributed by atoms with Gasteiger partial charge < -0.3 is 10.6 Å². The number of amides is 2. The van der Waals surface area contributed by atoms with Crippen LogP contribution in [0.2, 0.25) is 0 Å². The molecule has 2 amide bonds. The number of hydrogen-bond donors (Lipinski definition) is 2. The molecule has 7 heteroatoms. The van der Waals surface area contributed by atoms with E-state index in [9.17, 15) is 19.7 Å². The Kier molecular flexibility index (Phi) is 3.43. The summed E-state index contributed by atoms with van der Waals surface area (Å²) in [5.74, 6) is -0.0414. The van der Waals surface area contributed by atoms with Gasteiger partial charge in [0.15, 0.2) is 5.78 Å². The van der Waals surface area contributed by atoms with Crippen LogP contribution in [0.5, 0.6) is 0 Å². The van der Waals surface area contributed by atoms with E-state index in [0.717, 1.165) is 0 Å². The van der Waals surface area contributed by atoms with Crippen molar-refractivity contribution in [1.82, 2.24) is 10.6 Å². The van der Waals surface area contributed by atoms with Crippen molar-refractivity contribution in [1.29, 1.82) is 0 Å². The molecule has 1 atom stereocenters. The lowest BCUT2D eigenvalue weighted by molar-refractivity contribution is -0.384. The number of Topliss-reactive ketones (excluding diaryl/α,β-unsaturated/α-hetero) is 1. The lowest BCUT2D eigenvalue weighted by Crippen LogP contribution is -2.48.